The lowest BCUT2D eigenvalue weighted by molar-refractivity contribution is -0.138. The second-order valence-electron chi connectivity index (χ2n) is 3.41. The molecule has 1 aliphatic heterocycles. The number of esters is 1. The Morgan fingerprint density at radius 2 is 2.00 bits per heavy atom. The molecule has 0 unspecified atom stereocenters. The topological polar surface area (TPSA) is 63.6 Å². The van der Waals surface area contributed by atoms with Crippen LogP contribution in [0.25, 0.3) is 6.08 Å². The van der Waals surface area contributed by atoms with Crippen molar-refractivity contribution >= 4 is 18.0 Å². The summed E-state index contributed by atoms with van der Waals surface area (Å²) in [5.74, 6) is -0.969. The average Bonchev–Trinajstić information content (AvgIpc) is 2.80. The highest BCUT2D eigenvalue weighted by molar-refractivity contribution is 5.85. The first-order chi connectivity index (χ1) is 8.18. The van der Waals surface area contributed by atoms with Crippen molar-refractivity contribution in [1.82, 2.24) is 0 Å². The quantitative estimate of drug-likeness (QED) is 0.628. The number of carboxylic acids is 1. The maximum absolute atomic E-state index is 10.1. The summed E-state index contributed by atoms with van der Waals surface area (Å²) >= 11 is 0. The fourth-order valence-corrected chi connectivity index (χ4v) is 1.21. The Kier molecular flexibility index (Phi) is 5.51. The molecule has 2 rings (SSSR count). The molecule has 0 spiro atoms. The number of rotatable bonds is 2. The van der Waals surface area contributed by atoms with Gasteiger partial charge in [-0.1, -0.05) is 30.3 Å². The number of hydrogen-bond acceptors (Lipinski definition) is 3. The van der Waals surface area contributed by atoms with E-state index in [1.54, 1.807) is 6.08 Å². The number of carbonyl (C=O) groups is 2. The zero-order valence-corrected chi connectivity index (χ0v) is 9.33. The zero-order chi connectivity index (χ0) is 12.5. The summed E-state index contributed by atoms with van der Waals surface area (Å²) < 4.78 is 4.51. The first-order valence-corrected chi connectivity index (χ1v) is 5.30. The van der Waals surface area contributed by atoms with E-state index in [0.29, 0.717) is 13.0 Å². The van der Waals surface area contributed by atoms with Gasteiger partial charge < -0.3 is 9.84 Å². The number of ether oxygens (including phenoxy) is 1. The molecule has 17 heavy (non-hydrogen) atoms. The van der Waals surface area contributed by atoms with E-state index < -0.39 is 5.97 Å². The highest BCUT2D eigenvalue weighted by Gasteiger charge is 2.08. The van der Waals surface area contributed by atoms with Crippen LogP contribution in [0.15, 0.2) is 36.4 Å². The Labute approximate surface area is 99.5 Å². The number of carbonyl (C=O) groups excluding carboxylic acids is 1. The van der Waals surface area contributed by atoms with Gasteiger partial charge in [0.1, 0.15) is 0 Å². The minimum absolute atomic E-state index is 0.0463. The Balaban J connectivity index is 0.000000202. The third-order valence-corrected chi connectivity index (χ3v) is 2.01. The van der Waals surface area contributed by atoms with Gasteiger partial charge in [-0.15, -0.1) is 0 Å². The van der Waals surface area contributed by atoms with Crippen molar-refractivity contribution in [3.63, 3.8) is 0 Å². The van der Waals surface area contributed by atoms with E-state index in [-0.39, 0.29) is 5.97 Å². The van der Waals surface area contributed by atoms with Crippen molar-refractivity contribution in [3.8, 4) is 0 Å². The molecule has 1 heterocycles. The van der Waals surface area contributed by atoms with Crippen LogP contribution in [-0.2, 0) is 14.3 Å². The van der Waals surface area contributed by atoms with Gasteiger partial charge in [0.05, 0.1) is 6.61 Å². The second kappa shape index (κ2) is 7.22. The highest BCUT2D eigenvalue weighted by Crippen LogP contribution is 2.01. The number of cyclic esters (lactones) is 1. The largest absolute Gasteiger partial charge is 0.478 e. The van der Waals surface area contributed by atoms with Gasteiger partial charge in [0.25, 0.3) is 0 Å². The minimum Gasteiger partial charge on any atom is -0.478 e. The predicted molar refractivity (Wildman–Crippen MR) is 63.3 cm³/mol. The lowest BCUT2D eigenvalue weighted by atomic mass is 10.2. The van der Waals surface area contributed by atoms with Gasteiger partial charge in [-0.2, -0.15) is 0 Å². The van der Waals surface area contributed by atoms with Gasteiger partial charge >= 0.3 is 11.9 Å². The first-order valence-electron chi connectivity index (χ1n) is 5.30. The van der Waals surface area contributed by atoms with Crippen LogP contribution >= 0.6 is 0 Å². The maximum Gasteiger partial charge on any atom is 0.328 e. The van der Waals surface area contributed by atoms with Crippen LogP contribution in [0.3, 0.4) is 0 Å². The average molecular weight is 234 g/mol. The van der Waals surface area contributed by atoms with Gasteiger partial charge in [0, 0.05) is 12.5 Å². The van der Waals surface area contributed by atoms with E-state index >= 15 is 0 Å². The van der Waals surface area contributed by atoms with Crippen molar-refractivity contribution in [2.24, 2.45) is 0 Å². The standard InChI is InChI=1S/C9H8O2.C4H6O2/c10-9(11)7-6-8-4-2-1-3-5-8;5-4-2-1-3-6-4/h1-7H,(H,10,11);1-3H2/b7-6+;. The molecule has 0 aliphatic carbocycles. The molecule has 1 fully saturated rings. The van der Waals surface area contributed by atoms with E-state index in [0.717, 1.165) is 18.1 Å². The summed E-state index contributed by atoms with van der Waals surface area (Å²) in [6, 6.07) is 9.31. The van der Waals surface area contributed by atoms with Crippen LogP contribution in [0.2, 0.25) is 0 Å². The molecule has 0 bridgehead atoms. The van der Waals surface area contributed by atoms with Crippen molar-refractivity contribution in [1.29, 1.82) is 0 Å². The number of hydrogen-bond donors (Lipinski definition) is 1. The van der Waals surface area contributed by atoms with Gasteiger partial charge in [0.2, 0.25) is 0 Å². The van der Waals surface area contributed by atoms with Crippen LogP contribution < -0.4 is 0 Å². The molecule has 0 aromatic heterocycles. The summed E-state index contributed by atoms with van der Waals surface area (Å²) in [4.78, 5) is 20.1. The molecule has 1 aromatic rings. The number of aliphatic carboxylic acids is 1. The molecule has 4 heteroatoms. The molecule has 1 aliphatic rings. The fraction of sp³-hybridized carbons (Fsp3) is 0.231. The molecule has 0 atom stereocenters. The molecule has 0 radical (unpaired) electrons. The van der Waals surface area contributed by atoms with Crippen LogP contribution in [0.4, 0.5) is 0 Å². The van der Waals surface area contributed by atoms with Crippen molar-refractivity contribution in [2.45, 2.75) is 12.8 Å². The SMILES string of the molecule is O=C(O)/C=C/c1ccccc1.O=C1CCCO1. The smallest absolute Gasteiger partial charge is 0.328 e. The van der Waals surface area contributed by atoms with Gasteiger partial charge in [-0.3, -0.25) is 4.79 Å². The Hall–Kier alpha value is -2.10. The molecule has 0 saturated carbocycles. The summed E-state index contributed by atoms with van der Waals surface area (Å²) in [6.45, 7) is 0.638. The summed E-state index contributed by atoms with van der Waals surface area (Å²) in [5, 5.41) is 8.29. The van der Waals surface area contributed by atoms with Crippen LogP contribution in [0.1, 0.15) is 18.4 Å². The summed E-state index contributed by atoms with van der Waals surface area (Å²) in [5.41, 5.74) is 0.898. The third kappa shape index (κ3) is 6.14. The molecule has 90 valence electrons. The molecule has 0 amide bonds. The van der Waals surface area contributed by atoms with E-state index in [1.165, 1.54) is 0 Å². The van der Waals surface area contributed by atoms with Crippen molar-refractivity contribution in [3.05, 3.63) is 42.0 Å². The maximum atomic E-state index is 10.1. The molecule has 4 nitrogen and oxygen atoms in total. The Morgan fingerprint density at radius 3 is 2.41 bits per heavy atom. The normalized spacial score (nSPS) is 14.0. The third-order valence-electron chi connectivity index (χ3n) is 2.01. The van der Waals surface area contributed by atoms with E-state index in [9.17, 15) is 9.59 Å². The minimum atomic E-state index is -0.922. The van der Waals surface area contributed by atoms with Gasteiger partial charge in [-0.25, -0.2) is 4.79 Å². The molecule has 1 saturated heterocycles. The van der Waals surface area contributed by atoms with E-state index in [4.69, 9.17) is 5.11 Å². The number of benzene rings is 1. The first kappa shape index (κ1) is 13.0. The molecule has 1 N–H and O–H groups in total. The Bertz CT molecular complexity index is 387. The highest BCUT2D eigenvalue weighted by atomic mass is 16.5. The Morgan fingerprint density at radius 1 is 1.29 bits per heavy atom. The van der Waals surface area contributed by atoms with Crippen molar-refractivity contribution in [2.75, 3.05) is 6.61 Å². The fourth-order valence-electron chi connectivity index (χ4n) is 1.21. The van der Waals surface area contributed by atoms with Crippen LogP contribution in [-0.4, -0.2) is 23.7 Å². The summed E-state index contributed by atoms with van der Waals surface area (Å²) in [6.07, 6.45) is 4.22. The van der Waals surface area contributed by atoms with Gasteiger partial charge in [-0.05, 0) is 18.1 Å². The molecular formula is C13H14O4. The zero-order valence-electron chi connectivity index (χ0n) is 9.33. The lowest BCUT2D eigenvalue weighted by Gasteiger charge is -1.87. The van der Waals surface area contributed by atoms with E-state index in [1.807, 2.05) is 30.3 Å². The van der Waals surface area contributed by atoms with Crippen molar-refractivity contribution < 1.29 is 19.4 Å². The molecule has 1 aromatic carbocycles. The summed E-state index contributed by atoms with van der Waals surface area (Å²) in [7, 11) is 0. The lowest BCUT2D eigenvalue weighted by Crippen LogP contribution is -1.88. The predicted octanol–water partition coefficient (Wildman–Crippen LogP) is 2.11. The van der Waals surface area contributed by atoms with E-state index in [2.05, 4.69) is 4.74 Å². The number of carboxylic acid groups (broad SMARTS) is 1. The second-order valence-corrected chi connectivity index (χ2v) is 3.41. The monoisotopic (exact) mass is 234 g/mol. The molecular weight excluding hydrogens is 220 g/mol. The van der Waals surface area contributed by atoms with Crippen LogP contribution in [0, 0.1) is 0 Å². The van der Waals surface area contributed by atoms with Crippen LogP contribution in [0.5, 0.6) is 0 Å². The van der Waals surface area contributed by atoms with Gasteiger partial charge in [0.15, 0.2) is 0 Å².